The quantitative estimate of drug-likeness (QED) is 0.636. The van der Waals surface area contributed by atoms with E-state index in [2.05, 4.69) is 45.8 Å². The Hall–Kier alpha value is -3.10. The average Bonchev–Trinajstić information content (AvgIpc) is 2.75. The number of nitrogens with zero attached hydrogens (tertiary/aromatic N) is 6. The van der Waals surface area contributed by atoms with Crippen molar-refractivity contribution in [3.8, 4) is 0 Å². The fourth-order valence-corrected chi connectivity index (χ4v) is 3.71. The lowest BCUT2D eigenvalue weighted by molar-refractivity contribution is 0.125. The maximum Gasteiger partial charge on any atom is 0.261 e. The highest BCUT2D eigenvalue weighted by Crippen LogP contribution is 2.24. The Bertz CT molecular complexity index is 1120. The summed E-state index contributed by atoms with van der Waals surface area (Å²) in [6.07, 6.45) is -1.40. The van der Waals surface area contributed by atoms with Crippen LogP contribution in [0, 0.1) is 0 Å². The van der Waals surface area contributed by atoms with Gasteiger partial charge in [-0.05, 0) is 30.3 Å². The van der Waals surface area contributed by atoms with E-state index in [1.54, 1.807) is 6.07 Å². The van der Waals surface area contributed by atoms with Crippen LogP contribution in [0.5, 0.6) is 0 Å². The van der Waals surface area contributed by atoms with Crippen molar-refractivity contribution in [3.05, 3.63) is 52.7 Å². The molecule has 1 aromatic carbocycles. The van der Waals surface area contributed by atoms with Gasteiger partial charge in [-0.2, -0.15) is 5.10 Å². The van der Waals surface area contributed by atoms with Gasteiger partial charge in [-0.1, -0.05) is 20.8 Å². The first kappa shape index (κ1) is 21.1. The fourth-order valence-electron chi connectivity index (χ4n) is 3.71. The molecule has 1 aliphatic heterocycles. The van der Waals surface area contributed by atoms with Crippen molar-refractivity contribution >= 4 is 22.4 Å². The molecule has 0 bridgehead atoms. The summed E-state index contributed by atoms with van der Waals surface area (Å²) in [7, 11) is 0. The van der Waals surface area contributed by atoms with Gasteiger partial charge in [0.05, 0.1) is 29.5 Å². The number of rotatable bonds is 4. The fraction of sp³-hybridized carbons (Fsp3) is 0.455. The van der Waals surface area contributed by atoms with E-state index in [-0.39, 0.29) is 5.41 Å². The van der Waals surface area contributed by atoms with Crippen LogP contribution in [0.2, 0.25) is 0 Å². The van der Waals surface area contributed by atoms with Gasteiger partial charge in [0.1, 0.15) is 0 Å². The zero-order chi connectivity index (χ0) is 22.2. The van der Waals surface area contributed by atoms with Gasteiger partial charge in [0.15, 0.2) is 5.82 Å². The summed E-state index contributed by atoms with van der Waals surface area (Å²) < 4.78 is 26.2. The lowest BCUT2D eigenvalue weighted by atomic mass is 9.92. The third kappa shape index (κ3) is 4.50. The molecule has 0 N–H and O–H groups in total. The Labute approximate surface area is 179 Å². The number of anilines is 2. The molecule has 0 amide bonds. The van der Waals surface area contributed by atoms with Gasteiger partial charge >= 0.3 is 0 Å². The van der Waals surface area contributed by atoms with E-state index in [0.29, 0.717) is 10.9 Å². The molecule has 2 aromatic heterocycles. The number of halogens is 2. The Kier molecular flexibility index (Phi) is 5.60. The normalized spacial score (nSPS) is 15.2. The summed E-state index contributed by atoms with van der Waals surface area (Å²) in [5.74, 6) is 0.868. The number of benzene rings is 1. The van der Waals surface area contributed by atoms with E-state index in [9.17, 15) is 13.6 Å². The number of hydrogen-bond donors (Lipinski definition) is 0. The van der Waals surface area contributed by atoms with Crippen molar-refractivity contribution in [1.82, 2.24) is 19.7 Å². The molecule has 0 unspecified atom stereocenters. The Balaban J connectivity index is 1.46. The first-order valence-corrected chi connectivity index (χ1v) is 10.3. The highest BCUT2D eigenvalue weighted by atomic mass is 19.3. The second-order valence-electron chi connectivity index (χ2n) is 8.80. The van der Waals surface area contributed by atoms with E-state index < -0.39 is 18.5 Å². The smallest absolute Gasteiger partial charge is 0.261 e. The largest absolute Gasteiger partial charge is 0.368 e. The lowest BCUT2D eigenvalue weighted by Crippen LogP contribution is -2.47. The van der Waals surface area contributed by atoms with Crippen LogP contribution in [-0.2, 0) is 12.0 Å². The topological polar surface area (TPSA) is 67.2 Å². The van der Waals surface area contributed by atoms with Gasteiger partial charge in [0.25, 0.3) is 12.0 Å². The number of hydrogen-bond acceptors (Lipinski definition) is 6. The molecule has 9 heteroatoms. The molecule has 7 nitrogen and oxygen atoms in total. The van der Waals surface area contributed by atoms with Gasteiger partial charge in [0, 0.05) is 37.3 Å². The molecule has 4 rings (SSSR count). The summed E-state index contributed by atoms with van der Waals surface area (Å²) in [6.45, 7) is 8.86. The van der Waals surface area contributed by atoms with Crippen molar-refractivity contribution in [1.29, 1.82) is 0 Å². The van der Waals surface area contributed by atoms with Crippen LogP contribution in [0.3, 0.4) is 0 Å². The lowest BCUT2D eigenvalue weighted by Gasteiger charge is -2.36. The van der Waals surface area contributed by atoms with Crippen LogP contribution in [0.1, 0.15) is 26.5 Å². The zero-order valence-corrected chi connectivity index (χ0v) is 17.9. The third-order valence-electron chi connectivity index (χ3n) is 5.53. The van der Waals surface area contributed by atoms with E-state index in [4.69, 9.17) is 0 Å². The van der Waals surface area contributed by atoms with Crippen LogP contribution >= 0.6 is 0 Å². The molecule has 164 valence electrons. The molecule has 1 saturated heterocycles. The van der Waals surface area contributed by atoms with Gasteiger partial charge in [-0.15, -0.1) is 5.10 Å². The molecule has 3 aromatic rings. The first-order chi connectivity index (χ1) is 14.7. The molecule has 0 aliphatic carbocycles. The van der Waals surface area contributed by atoms with Gasteiger partial charge in [-0.25, -0.2) is 13.8 Å². The van der Waals surface area contributed by atoms with E-state index in [1.807, 2.05) is 24.3 Å². The zero-order valence-electron chi connectivity index (χ0n) is 17.9. The standard InChI is InChI=1S/C22H26F2N6O/c1-22(2,3)18-6-7-20(27-26-18)29-10-8-28(9-11-29)15-4-5-16-17(12-15)25-14-30(21(16)31)13-19(23)24/h4-7,12,14,19H,8-11,13H2,1-3H3. The van der Waals surface area contributed by atoms with Crippen molar-refractivity contribution < 1.29 is 8.78 Å². The van der Waals surface area contributed by atoms with Gasteiger partial charge < -0.3 is 9.80 Å². The Morgan fingerprint density at radius 2 is 1.71 bits per heavy atom. The van der Waals surface area contributed by atoms with Crippen molar-refractivity contribution in [2.24, 2.45) is 0 Å². The Morgan fingerprint density at radius 3 is 2.32 bits per heavy atom. The minimum Gasteiger partial charge on any atom is -0.368 e. The maximum absolute atomic E-state index is 12.6. The Morgan fingerprint density at radius 1 is 1.00 bits per heavy atom. The van der Waals surface area contributed by atoms with Gasteiger partial charge in [0.2, 0.25) is 0 Å². The van der Waals surface area contributed by atoms with Crippen LogP contribution in [0.25, 0.3) is 10.9 Å². The number of piperazine rings is 1. The molecule has 0 saturated carbocycles. The summed E-state index contributed by atoms with van der Waals surface area (Å²) in [5, 5.41) is 9.13. The number of fused-ring (bicyclic) bond motifs is 1. The molecule has 3 heterocycles. The minimum atomic E-state index is -2.60. The summed E-state index contributed by atoms with van der Waals surface area (Å²) in [6, 6.07) is 9.42. The van der Waals surface area contributed by atoms with E-state index >= 15 is 0 Å². The highest BCUT2D eigenvalue weighted by Gasteiger charge is 2.21. The number of alkyl halides is 2. The van der Waals surface area contributed by atoms with Crippen LogP contribution in [-0.4, -0.2) is 52.4 Å². The predicted molar refractivity (Wildman–Crippen MR) is 117 cm³/mol. The van der Waals surface area contributed by atoms with Crippen molar-refractivity contribution in [2.75, 3.05) is 36.0 Å². The molecule has 31 heavy (non-hydrogen) atoms. The minimum absolute atomic E-state index is 0.0307. The first-order valence-electron chi connectivity index (χ1n) is 10.3. The third-order valence-corrected chi connectivity index (χ3v) is 5.53. The van der Waals surface area contributed by atoms with Gasteiger partial charge in [-0.3, -0.25) is 9.36 Å². The van der Waals surface area contributed by atoms with Crippen LogP contribution in [0.4, 0.5) is 20.3 Å². The monoisotopic (exact) mass is 428 g/mol. The highest BCUT2D eigenvalue weighted by molar-refractivity contribution is 5.81. The summed E-state index contributed by atoms with van der Waals surface area (Å²) in [5.41, 5.74) is 1.96. The molecule has 1 fully saturated rings. The van der Waals surface area contributed by atoms with E-state index in [1.165, 1.54) is 6.33 Å². The summed E-state index contributed by atoms with van der Waals surface area (Å²) >= 11 is 0. The number of aromatic nitrogens is 4. The molecule has 1 aliphatic rings. The van der Waals surface area contributed by atoms with Crippen molar-refractivity contribution in [2.45, 2.75) is 39.2 Å². The molecular weight excluding hydrogens is 402 g/mol. The average molecular weight is 428 g/mol. The second kappa shape index (κ2) is 8.20. The molecule has 0 radical (unpaired) electrons. The van der Waals surface area contributed by atoms with Crippen molar-refractivity contribution in [3.63, 3.8) is 0 Å². The van der Waals surface area contributed by atoms with Crippen LogP contribution < -0.4 is 15.4 Å². The molecule has 0 atom stereocenters. The predicted octanol–water partition coefficient (Wildman–Crippen LogP) is 3.08. The van der Waals surface area contributed by atoms with Crippen LogP contribution in [0.15, 0.2) is 41.5 Å². The molecular formula is C22H26F2N6O. The maximum atomic E-state index is 12.6. The second-order valence-corrected chi connectivity index (χ2v) is 8.80. The molecule has 0 spiro atoms. The summed E-state index contributed by atoms with van der Waals surface area (Å²) in [4.78, 5) is 21.0. The van der Waals surface area contributed by atoms with E-state index in [0.717, 1.165) is 47.9 Å². The SMILES string of the molecule is CC(C)(C)c1ccc(N2CCN(c3ccc4c(=O)n(CC(F)F)cnc4c3)CC2)nn1.